The molecule has 3 aromatic rings. The largest absolute Gasteiger partial charge is 0.492 e. The molecule has 0 saturated heterocycles. The lowest BCUT2D eigenvalue weighted by atomic mass is 10.2. The van der Waals surface area contributed by atoms with Gasteiger partial charge in [-0.25, -0.2) is 9.97 Å². The number of fused-ring (bicyclic) bond motifs is 1. The average molecular weight is 289 g/mol. The van der Waals surface area contributed by atoms with Crippen molar-refractivity contribution in [1.29, 1.82) is 0 Å². The van der Waals surface area contributed by atoms with Crippen molar-refractivity contribution < 1.29 is 4.74 Å². The van der Waals surface area contributed by atoms with Gasteiger partial charge < -0.3 is 15.5 Å². The number of nitrogen functional groups attached to an aromatic ring is 1. The van der Waals surface area contributed by atoms with Crippen molar-refractivity contribution in [3.05, 3.63) is 36.5 Å². The molecule has 6 heteroatoms. The summed E-state index contributed by atoms with van der Waals surface area (Å²) in [5, 5.41) is 0.822. The molecule has 5 nitrogen and oxygen atoms in total. The number of anilines is 1. The maximum absolute atomic E-state index is 5.94. The second-order valence-corrected chi connectivity index (χ2v) is 4.62. The van der Waals surface area contributed by atoms with E-state index in [2.05, 4.69) is 15.0 Å². The SMILES string of the molecule is Nc1nc(-c2cccc(OCCCl)c2)nc2[nH]ccc12. The Bertz CT molecular complexity index is 741. The molecular formula is C14H13ClN4O. The van der Waals surface area contributed by atoms with E-state index in [-0.39, 0.29) is 0 Å². The molecule has 0 spiro atoms. The maximum atomic E-state index is 5.94. The van der Waals surface area contributed by atoms with Crippen LogP contribution in [0.1, 0.15) is 0 Å². The number of ether oxygens (including phenoxy) is 1. The molecule has 0 fully saturated rings. The van der Waals surface area contributed by atoms with Gasteiger partial charge in [0.2, 0.25) is 0 Å². The minimum atomic E-state index is 0.447. The van der Waals surface area contributed by atoms with Crippen LogP contribution in [0.25, 0.3) is 22.4 Å². The van der Waals surface area contributed by atoms with Gasteiger partial charge in [-0.1, -0.05) is 12.1 Å². The number of hydrogen-bond acceptors (Lipinski definition) is 4. The number of nitrogens with one attached hydrogen (secondary N) is 1. The van der Waals surface area contributed by atoms with Gasteiger partial charge in [0.05, 0.1) is 11.3 Å². The van der Waals surface area contributed by atoms with Crippen molar-refractivity contribution in [1.82, 2.24) is 15.0 Å². The number of alkyl halides is 1. The number of nitrogens with two attached hydrogens (primary N) is 1. The van der Waals surface area contributed by atoms with E-state index in [0.29, 0.717) is 24.1 Å². The minimum Gasteiger partial charge on any atom is -0.492 e. The first-order chi connectivity index (χ1) is 9.78. The second-order valence-electron chi connectivity index (χ2n) is 4.24. The van der Waals surface area contributed by atoms with Gasteiger partial charge in [0.15, 0.2) is 5.82 Å². The Hall–Kier alpha value is -2.27. The first kappa shape index (κ1) is 12.7. The fourth-order valence-corrected chi connectivity index (χ4v) is 2.05. The molecule has 0 saturated carbocycles. The third-order valence-electron chi connectivity index (χ3n) is 2.88. The third kappa shape index (κ3) is 2.40. The van der Waals surface area contributed by atoms with Crippen molar-refractivity contribution >= 4 is 28.5 Å². The molecule has 3 N–H and O–H groups in total. The van der Waals surface area contributed by atoms with Crippen molar-refractivity contribution in [3.63, 3.8) is 0 Å². The van der Waals surface area contributed by atoms with Gasteiger partial charge in [0.25, 0.3) is 0 Å². The highest BCUT2D eigenvalue weighted by molar-refractivity contribution is 6.18. The Morgan fingerprint density at radius 2 is 2.15 bits per heavy atom. The normalized spacial score (nSPS) is 10.8. The number of nitrogens with zero attached hydrogens (tertiary/aromatic N) is 2. The lowest BCUT2D eigenvalue weighted by Gasteiger charge is -2.06. The van der Waals surface area contributed by atoms with E-state index in [0.717, 1.165) is 22.3 Å². The van der Waals surface area contributed by atoms with Gasteiger partial charge in [0, 0.05) is 11.8 Å². The second kappa shape index (κ2) is 5.38. The molecule has 0 radical (unpaired) electrons. The summed E-state index contributed by atoms with van der Waals surface area (Å²) in [6.45, 7) is 0.462. The molecule has 0 aliphatic heterocycles. The highest BCUT2D eigenvalue weighted by Crippen LogP contribution is 2.25. The molecule has 0 aliphatic rings. The molecular weight excluding hydrogens is 276 g/mol. The van der Waals surface area contributed by atoms with Crippen LogP contribution in [-0.4, -0.2) is 27.4 Å². The average Bonchev–Trinajstić information content (AvgIpc) is 2.94. The molecule has 0 bridgehead atoms. The predicted molar refractivity (Wildman–Crippen MR) is 80.0 cm³/mol. The number of rotatable bonds is 4. The Morgan fingerprint density at radius 3 is 3.00 bits per heavy atom. The van der Waals surface area contributed by atoms with Gasteiger partial charge in [-0.15, -0.1) is 11.6 Å². The molecule has 0 atom stereocenters. The summed E-state index contributed by atoms with van der Waals surface area (Å²) in [6.07, 6.45) is 1.79. The summed E-state index contributed by atoms with van der Waals surface area (Å²) >= 11 is 5.61. The topological polar surface area (TPSA) is 76.8 Å². The van der Waals surface area contributed by atoms with E-state index in [1.54, 1.807) is 6.20 Å². The predicted octanol–water partition coefficient (Wildman–Crippen LogP) is 2.82. The Labute approximate surface area is 120 Å². The van der Waals surface area contributed by atoms with Crippen LogP contribution in [0.3, 0.4) is 0 Å². The standard InChI is InChI=1S/C14H13ClN4O/c15-5-7-20-10-3-1-2-9(8-10)13-18-12(16)11-4-6-17-14(11)19-13/h1-4,6,8H,5,7H2,(H3,16,17,18,19). The molecule has 0 unspecified atom stereocenters. The summed E-state index contributed by atoms with van der Waals surface area (Å²) in [5.41, 5.74) is 7.51. The number of aromatic amines is 1. The fourth-order valence-electron chi connectivity index (χ4n) is 1.98. The fraction of sp³-hybridized carbons (Fsp3) is 0.143. The highest BCUT2D eigenvalue weighted by Gasteiger charge is 2.08. The lowest BCUT2D eigenvalue weighted by Crippen LogP contribution is -1.99. The van der Waals surface area contributed by atoms with Crippen molar-refractivity contribution in [3.8, 4) is 17.1 Å². The summed E-state index contributed by atoms with van der Waals surface area (Å²) in [6, 6.07) is 9.39. The summed E-state index contributed by atoms with van der Waals surface area (Å²) in [5.74, 6) is 2.20. The molecule has 1 aromatic carbocycles. The Kier molecular flexibility index (Phi) is 3.43. The van der Waals surface area contributed by atoms with Gasteiger partial charge in [-0.05, 0) is 18.2 Å². The Balaban J connectivity index is 2.01. The summed E-state index contributed by atoms with van der Waals surface area (Å²) < 4.78 is 5.49. The van der Waals surface area contributed by atoms with E-state index in [1.165, 1.54) is 0 Å². The van der Waals surface area contributed by atoms with Gasteiger partial charge in [-0.2, -0.15) is 0 Å². The molecule has 0 aliphatic carbocycles. The monoisotopic (exact) mass is 288 g/mol. The van der Waals surface area contributed by atoms with E-state index in [4.69, 9.17) is 22.1 Å². The van der Waals surface area contributed by atoms with Crippen LogP contribution in [0.15, 0.2) is 36.5 Å². The van der Waals surface area contributed by atoms with E-state index < -0.39 is 0 Å². The van der Waals surface area contributed by atoms with Crippen LogP contribution in [-0.2, 0) is 0 Å². The summed E-state index contributed by atoms with van der Waals surface area (Å²) in [4.78, 5) is 11.8. The quantitative estimate of drug-likeness (QED) is 0.724. The number of H-pyrrole nitrogens is 1. The number of halogens is 1. The highest BCUT2D eigenvalue weighted by atomic mass is 35.5. The number of hydrogen-bond donors (Lipinski definition) is 2. The first-order valence-corrected chi connectivity index (χ1v) is 6.71. The smallest absolute Gasteiger partial charge is 0.164 e. The van der Waals surface area contributed by atoms with Crippen LogP contribution in [0.5, 0.6) is 5.75 Å². The molecule has 2 heterocycles. The molecule has 20 heavy (non-hydrogen) atoms. The van der Waals surface area contributed by atoms with Crippen molar-refractivity contribution in [2.75, 3.05) is 18.2 Å². The van der Waals surface area contributed by atoms with Gasteiger partial charge in [-0.3, -0.25) is 0 Å². The van der Waals surface area contributed by atoms with Gasteiger partial charge >= 0.3 is 0 Å². The van der Waals surface area contributed by atoms with Crippen molar-refractivity contribution in [2.45, 2.75) is 0 Å². The number of aromatic nitrogens is 3. The maximum Gasteiger partial charge on any atom is 0.164 e. The lowest BCUT2D eigenvalue weighted by molar-refractivity contribution is 0.343. The third-order valence-corrected chi connectivity index (χ3v) is 3.04. The zero-order chi connectivity index (χ0) is 13.9. The van der Waals surface area contributed by atoms with Crippen LogP contribution in [0.4, 0.5) is 5.82 Å². The van der Waals surface area contributed by atoms with Crippen molar-refractivity contribution in [2.24, 2.45) is 0 Å². The Morgan fingerprint density at radius 1 is 1.25 bits per heavy atom. The molecule has 102 valence electrons. The molecule has 2 aromatic heterocycles. The van der Waals surface area contributed by atoms with E-state index in [1.807, 2.05) is 30.3 Å². The first-order valence-electron chi connectivity index (χ1n) is 6.18. The zero-order valence-corrected chi connectivity index (χ0v) is 11.4. The molecule has 3 rings (SSSR count). The number of benzene rings is 1. The summed E-state index contributed by atoms with van der Waals surface area (Å²) in [7, 11) is 0. The van der Waals surface area contributed by atoms with Crippen LogP contribution >= 0.6 is 11.6 Å². The van der Waals surface area contributed by atoms with Crippen LogP contribution in [0, 0.1) is 0 Å². The van der Waals surface area contributed by atoms with E-state index in [9.17, 15) is 0 Å². The van der Waals surface area contributed by atoms with Crippen LogP contribution < -0.4 is 10.5 Å². The minimum absolute atomic E-state index is 0.447. The molecule has 0 amide bonds. The van der Waals surface area contributed by atoms with Crippen LogP contribution in [0.2, 0.25) is 0 Å². The van der Waals surface area contributed by atoms with E-state index >= 15 is 0 Å². The zero-order valence-electron chi connectivity index (χ0n) is 10.6. The van der Waals surface area contributed by atoms with Gasteiger partial charge in [0.1, 0.15) is 23.8 Å².